The minimum atomic E-state index is -0.723. The van der Waals surface area contributed by atoms with E-state index in [1.807, 2.05) is 16.8 Å². The van der Waals surface area contributed by atoms with Crippen molar-refractivity contribution in [2.24, 2.45) is 5.92 Å². The van der Waals surface area contributed by atoms with Crippen molar-refractivity contribution in [1.82, 2.24) is 15.1 Å². The number of rotatable bonds is 6. The summed E-state index contributed by atoms with van der Waals surface area (Å²) in [5.74, 6) is 0.143. The third-order valence-corrected chi connectivity index (χ3v) is 5.89. The van der Waals surface area contributed by atoms with E-state index in [-0.39, 0.29) is 23.6 Å². The molecular weight excluding hydrogens is 330 g/mol. The lowest BCUT2D eigenvalue weighted by Gasteiger charge is -2.42. The molecule has 1 heterocycles. The highest BCUT2D eigenvalue weighted by Gasteiger charge is 2.43. The van der Waals surface area contributed by atoms with E-state index in [0.29, 0.717) is 13.1 Å². The first-order valence-electron chi connectivity index (χ1n) is 10.2. The highest BCUT2D eigenvalue weighted by atomic mass is 16.2. The van der Waals surface area contributed by atoms with E-state index in [2.05, 4.69) is 12.2 Å². The van der Waals surface area contributed by atoms with Gasteiger partial charge in [0.25, 0.3) is 0 Å². The fourth-order valence-corrected chi connectivity index (χ4v) is 4.33. The molecular formula is C20H35N3O3. The fraction of sp³-hybridized carbons (Fsp3) is 0.850. The molecule has 148 valence electrons. The third kappa shape index (κ3) is 4.98. The first kappa shape index (κ1) is 20.7. The Labute approximate surface area is 157 Å². The van der Waals surface area contributed by atoms with Crippen LogP contribution in [0.5, 0.6) is 0 Å². The number of hydrogen-bond donors (Lipinski definition) is 1. The number of unbranched alkanes of at least 4 members (excludes halogenated alkanes) is 1. The van der Waals surface area contributed by atoms with Crippen LogP contribution in [-0.2, 0) is 14.4 Å². The van der Waals surface area contributed by atoms with E-state index < -0.39 is 5.54 Å². The van der Waals surface area contributed by atoms with E-state index in [9.17, 15) is 14.4 Å². The fourth-order valence-electron chi connectivity index (χ4n) is 4.33. The number of nitrogens with zero attached hydrogens (tertiary/aromatic N) is 2. The van der Waals surface area contributed by atoms with Crippen LogP contribution in [0.2, 0.25) is 0 Å². The van der Waals surface area contributed by atoms with Crippen LogP contribution in [0.4, 0.5) is 0 Å². The summed E-state index contributed by atoms with van der Waals surface area (Å²) >= 11 is 0. The molecule has 0 radical (unpaired) electrons. The van der Waals surface area contributed by atoms with Gasteiger partial charge in [-0.15, -0.1) is 0 Å². The second-order valence-electron chi connectivity index (χ2n) is 8.00. The van der Waals surface area contributed by atoms with Gasteiger partial charge in [0.1, 0.15) is 5.54 Å². The van der Waals surface area contributed by atoms with Crippen LogP contribution >= 0.6 is 0 Å². The van der Waals surface area contributed by atoms with Crippen LogP contribution in [-0.4, -0.2) is 59.7 Å². The Balaban J connectivity index is 1.94. The van der Waals surface area contributed by atoms with Gasteiger partial charge >= 0.3 is 0 Å². The molecule has 2 rings (SSSR count). The summed E-state index contributed by atoms with van der Waals surface area (Å²) in [6.45, 7) is 5.63. The summed E-state index contributed by atoms with van der Waals surface area (Å²) in [5.41, 5.74) is -0.723. The topological polar surface area (TPSA) is 69.7 Å². The lowest BCUT2D eigenvalue weighted by Crippen LogP contribution is -2.61. The zero-order valence-corrected chi connectivity index (χ0v) is 16.7. The van der Waals surface area contributed by atoms with Gasteiger partial charge < -0.3 is 15.1 Å². The number of likely N-dealkylation sites (tertiary alicyclic amines) is 1. The Kier molecular flexibility index (Phi) is 7.47. The molecule has 1 N–H and O–H groups in total. The number of nitrogens with one attached hydrogen (secondary N) is 1. The minimum absolute atomic E-state index is 0.0176. The van der Waals surface area contributed by atoms with E-state index in [4.69, 9.17) is 0 Å². The molecule has 1 saturated heterocycles. The molecule has 0 aromatic rings. The Morgan fingerprint density at radius 2 is 1.73 bits per heavy atom. The average Bonchev–Trinajstić information content (AvgIpc) is 2.65. The second-order valence-corrected chi connectivity index (χ2v) is 8.00. The summed E-state index contributed by atoms with van der Waals surface area (Å²) in [5, 5.41) is 2.96. The molecule has 0 spiro atoms. The summed E-state index contributed by atoms with van der Waals surface area (Å²) in [6, 6.07) is 0. The normalized spacial score (nSPS) is 20.5. The van der Waals surface area contributed by atoms with E-state index >= 15 is 0 Å². The van der Waals surface area contributed by atoms with Gasteiger partial charge in [0.2, 0.25) is 17.7 Å². The van der Waals surface area contributed by atoms with Crippen molar-refractivity contribution in [2.45, 2.75) is 77.2 Å². The van der Waals surface area contributed by atoms with Gasteiger partial charge in [0.15, 0.2) is 0 Å². The highest BCUT2D eigenvalue weighted by Crippen LogP contribution is 2.32. The molecule has 0 unspecified atom stereocenters. The van der Waals surface area contributed by atoms with Crippen LogP contribution < -0.4 is 5.32 Å². The monoisotopic (exact) mass is 365 g/mol. The van der Waals surface area contributed by atoms with Gasteiger partial charge in [-0.2, -0.15) is 0 Å². The van der Waals surface area contributed by atoms with Crippen molar-refractivity contribution in [3.63, 3.8) is 0 Å². The number of carbonyl (C=O) groups is 3. The van der Waals surface area contributed by atoms with Crippen LogP contribution in [0.3, 0.4) is 0 Å². The predicted octanol–water partition coefficient (Wildman–Crippen LogP) is 2.32. The van der Waals surface area contributed by atoms with Gasteiger partial charge in [-0.1, -0.05) is 32.6 Å². The van der Waals surface area contributed by atoms with Gasteiger partial charge in [0, 0.05) is 39.5 Å². The summed E-state index contributed by atoms with van der Waals surface area (Å²) in [4.78, 5) is 41.1. The Bertz CT molecular complexity index is 506. The van der Waals surface area contributed by atoms with E-state index in [1.54, 1.807) is 0 Å². The van der Waals surface area contributed by atoms with Gasteiger partial charge in [-0.05, 0) is 32.1 Å². The quantitative estimate of drug-likeness (QED) is 0.785. The van der Waals surface area contributed by atoms with Crippen LogP contribution in [0.25, 0.3) is 0 Å². The van der Waals surface area contributed by atoms with Crippen LogP contribution in [0.15, 0.2) is 0 Å². The molecule has 2 fully saturated rings. The molecule has 6 heteroatoms. The second kappa shape index (κ2) is 9.38. The zero-order valence-electron chi connectivity index (χ0n) is 16.7. The molecule has 1 saturated carbocycles. The Morgan fingerprint density at radius 3 is 2.27 bits per heavy atom. The summed E-state index contributed by atoms with van der Waals surface area (Å²) < 4.78 is 0. The molecule has 0 aromatic heterocycles. The third-order valence-electron chi connectivity index (χ3n) is 5.89. The van der Waals surface area contributed by atoms with Crippen LogP contribution in [0, 0.1) is 5.92 Å². The van der Waals surface area contributed by atoms with Crippen molar-refractivity contribution in [1.29, 1.82) is 0 Å². The smallest absolute Gasteiger partial charge is 0.248 e. The zero-order chi connectivity index (χ0) is 19.2. The molecule has 1 aliphatic carbocycles. The van der Waals surface area contributed by atoms with Crippen molar-refractivity contribution < 1.29 is 14.4 Å². The molecule has 0 aromatic carbocycles. The standard InChI is InChI=1S/C20H35N3O3/c1-4-5-13-22(3)18(25)17-9-14-23(15-10-17)19(26)20(21-16(2)24)11-7-6-8-12-20/h17H,4-15H2,1-3H3,(H,21,24). The highest BCUT2D eigenvalue weighted by molar-refractivity contribution is 5.91. The maximum Gasteiger partial charge on any atom is 0.248 e. The van der Waals surface area contributed by atoms with Gasteiger partial charge in [-0.25, -0.2) is 0 Å². The number of carbonyl (C=O) groups excluding carboxylic acids is 3. The summed E-state index contributed by atoms with van der Waals surface area (Å²) in [7, 11) is 1.88. The van der Waals surface area contributed by atoms with Gasteiger partial charge in [0.05, 0.1) is 0 Å². The molecule has 26 heavy (non-hydrogen) atoms. The molecule has 1 aliphatic heterocycles. The lowest BCUT2D eigenvalue weighted by molar-refractivity contribution is -0.146. The lowest BCUT2D eigenvalue weighted by atomic mass is 9.79. The number of amides is 3. The molecule has 0 atom stereocenters. The first-order chi connectivity index (χ1) is 12.4. The van der Waals surface area contributed by atoms with Crippen molar-refractivity contribution in [3.8, 4) is 0 Å². The van der Waals surface area contributed by atoms with Crippen molar-refractivity contribution in [2.75, 3.05) is 26.7 Å². The van der Waals surface area contributed by atoms with Crippen LogP contribution in [0.1, 0.15) is 71.6 Å². The number of hydrogen-bond acceptors (Lipinski definition) is 3. The average molecular weight is 366 g/mol. The van der Waals surface area contributed by atoms with E-state index in [0.717, 1.165) is 64.3 Å². The Hall–Kier alpha value is -1.59. The molecule has 3 amide bonds. The maximum absolute atomic E-state index is 13.2. The van der Waals surface area contributed by atoms with Crippen molar-refractivity contribution >= 4 is 17.7 Å². The number of piperidine rings is 1. The first-order valence-corrected chi connectivity index (χ1v) is 10.2. The predicted molar refractivity (Wildman–Crippen MR) is 101 cm³/mol. The Morgan fingerprint density at radius 1 is 1.12 bits per heavy atom. The SMILES string of the molecule is CCCCN(C)C(=O)C1CCN(C(=O)C2(NC(C)=O)CCCCC2)CC1. The molecule has 0 bridgehead atoms. The maximum atomic E-state index is 13.2. The van der Waals surface area contributed by atoms with Crippen molar-refractivity contribution in [3.05, 3.63) is 0 Å². The molecule has 2 aliphatic rings. The minimum Gasteiger partial charge on any atom is -0.346 e. The summed E-state index contributed by atoms with van der Waals surface area (Å²) in [6.07, 6.45) is 8.07. The molecule has 6 nitrogen and oxygen atoms in total. The largest absolute Gasteiger partial charge is 0.346 e. The van der Waals surface area contributed by atoms with E-state index in [1.165, 1.54) is 6.92 Å². The van der Waals surface area contributed by atoms with Gasteiger partial charge in [-0.3, -0.25) is 14.4 Å².